The summed E-state index contributed by atoms with van der Waals surface area (Å²) in [6.45, 7) is 5.35. The summed E-state index contributed by atoms with van der Waals surface area (Å²) in [5.74, 6) is 1.32. The molecule has 1 aromatic carbocycles. The lowest BCUT2D eigenvalue weighted by atomic mass is 10.1. The van der Waals surface area contributed by atoms with E-state index >= 15 is 0 Å². The highest BCUT2D eigenvalue weighted by Crippen LogP contribution is 2.36. The van der Waals surface area contributed by atoms with Gasteiger partial charge in [0.05, 0.1) is 17.7 Å². The summed E-state index contributed by atoms with van der Waals surface area (Å²) in [5, 5.41) is 0. The number of halogens is 1. The Bertz CT molecular complexity index is 432. The van der Waals surface area contributed by atoms with Crippen LogP contribution in [0.3, 0.4) is 0 Å². The second-order valence-electron chi connectivity index (χ2n) is 5.00. The first-order valence-corrected chi connectivity index (χ1v) is 8.56. The van der Waals surface area contributed by atoms with E-state index in [1.807, 2.05) is 6.92 Å². The molecule has 1 aromatic rings. The molecular weight excluding hydrogens is 332 g/mol. The van der Waals surface area contributed by atoms with Crippen LogP contribution < -0.4 is 9.47 Å². The number of benzene rings is 1. The van der Waals surface area contributed by atoms with Gasteiger partial charge in [-0.3, -0.25) is 4.79 Å². The smallest absolute Gasteiger partial charge is 0.175 e. The average molecular weight is 357 g/mol. The summed E-state index contributed by atoms with van der Waals surface area (Å²) in [6, 6.07) is 3.48. The first-order chi connectivity index (χ1) is 10.2. The average Bonchev–Trinajstić information content (AvgIpc) is 2.48. The summed E-state index contributed by atoms with van der Waals surface area (Å²) in [7, 11) is 0. The van der Waals surface area contributed by atoms with Gasteiger partial charge in [-0.25, -0.2) is 0 Å². The van der Waals surface area contributed by atoms with Crippen molar-refractivity contribution in [1.29, 1.82) is 0 Å². The molecule has 0 saturated heterocycles. The van der Waals surface area contributed by atoms with Crippen molar-refractivity contribution in [2.45, 2.75) is 52.4 Å². The first-order valence-electron chi connectivity index (χ1n) is 7.77. The van der Waals surface area contributed by atoms with E-state index in [0.29, 0.717) is 30.3 Å². The van der Waals surface area contributed by atoms with Crippen molar-refractivity contribution in [1.82, 2.24) is 0 Å². The third-order valence-electron chi connectivity index (χ3n) is 3.21. The summed E-state index contributed by atoms with van der Waals surface area (Å²) in [5.41, 5.74) is 0.581. The van der Waals surface area contributed by atoms with Crippen molar-refractivity contribution < 1.29 is 14.3 Å². The molecule has 0 aliphatic heterocycles. The molecule has 0 bridgehead atoms. The van der Waals surface area contributed by atoms with Gasteiger partial charge in [0.15, 0.2) is 11.5 Å². The second-order valence-corrected chi connectivity index (χ2v) is 5.85. The van der Waals surface area contributed by atoms with Crippen LogP contribution in [0.1, 0.15) is 62.7 Å². The molecule has 1 rings (SSSR count). The van der Waals surface area contributed by atoms with Gasteiger partial charge in [0, 0.05) is 5.56 Å². The number of carbonyl (C=O) groups is 1. The molecular formula is C17H25BrO3. The quantitative estimate of drug-likeness (QED) is 0.393. The van der Waals surface area contributed by atoms with Crippen molar-refractivity contribution in [3.63, 3.8) is 0 Å². The summed E-state index contributed by atoms with van der Waals surface area (Å²) < 4.78 is 12.2. The van der Waals surface area contributed by atoms with E-state index in [4.69, 9.17) is 9.47 Å². The van der Waals surface area contributed by atoms with Crippen LogP contribution in [0.4, 0.5) is 0 Å². The number of hydrogen-bond acceptors (Lipinski definition) is 3. The summed E-state index contributed by atoms with van der Waals surface area (Å²) >= 11 is 3.45. The van der Waals surface area contributed by atoms with Crippen molar-refractivity contribution in [2.24, 2.45) is 0 Å². The van der Waals surface area contributed by atoms with Crippen molar-refractivity contribution in [3.8, 4) is 11.5 Å². The molecule has 3 nitrogen and oxygen atoms in total. The van der Waals surface area contributed by atoms with Gasteiger partial charge in [-0.1, -0.05) is 39.0 Å². The number of rotatable bonds is 11. The molecule has 0 unspecified atom stereocenters. The van der Waals surface area contributed by atoms with E-state index in [-0.39, 0.29) is 0 Å². The highest BCUT2D eigenvalue weighted by atomic mass is 79.9. The molecule has 0 N–H and O–H groups in total. The fourth-order valence-corrected chi connectivity index (χ4v) is 2.69. The second kappa shape index (κ2) is 10.7. The van der Waals surface area contributed by atoms with Crippen LogP contribution in [0.15, 0.2) is 16.6 Å². The zero-order valence-corrected chi connectivity index (χ0v) is 14.6. The molecule has 0 atom stereocenters. The lowest BCUT2D eigenvalue weighted by molar-refractivity contribution is 0.112. The molecule has 0 heterocycles. The van der Waals surface area contributed by atoms with Crippen LogP contribution in [0, 0.1) is 0 Å². The van der Waals surface area contributed by atoms with E-state index in [1.165, 1.54) is 32.1 Å². The number of aldehydes is 1. The Morgan fingerprint density at radius 2 is 1.76 bits per heavy atom. The van der Waals surface area contributed by atoms with E-state index in [2.05, 4.69) is 22.9 Å². The van der Waals surface area contributed by atoms with Gasteiger partial charge in [0.25, 0.3) is 0 Å². The normalized spacial score (nSPS) is 10.4. The summed E-state index contributed by atoms with van der Waals surface area (Å²) in [4.78, 5) is 10.9. The molecule has 0 spiro atoms. The third kappa shape index (κ3) is 6.51. The van der Waals surface area contributed by atoms with Crippen LogP contribution in [0.2, 0.25) is 0 Å². The minimum absolute atomic E-state index is 0.544. The van der Waals surface area contributed by atoms with Gasteiger partial charge >= 0.3 is 0 Å². The fraction of sp³-hybridized carbons (Fsp3) is 0.588. The maximum atomic E-state index is 10.9. The van der Waals surface area contributed by atoms with E-state index in [1.54, 1.807) is 12.1 Å². The van der Waals surface area contributed by atoms with Crippen LogP contribution in [0.5, 0.6) is 11.5 Å². The highest BCUT2D eigenvalue weighted by molar-refractivity contribution is 9.10. The third-order valence-corrected chi connectivity index (χ3v) is 3.80. The monoisotopic (exact) mass is 356 g/mol. The van der Waals surface area contributed by atoms with Gasteiger partial charge in [-0.2, -0.15) is 0 Å². The Balaban J connectivity index is 2.51. The maximum absolute atomic E-state index is 10.9. The topological polar surface area (TPSA) is 35.5 Å². The maximum Gasteiger partial charge on any atom is 0.175 e. The van der Waals surface area contributed by atoms with Gasteiger partial charge in [0.1, 0.15) is 6.29 Å². The predicted molar refractivity (Wildman–Crippen MR) is 89.6 cm³/mol. The Hall–Kier alpha value is -1.03. The highest BCUT2D eigenvalue weighted by Gasteiger charge is 2.12. The molecule has 4 heteroatoms. The number of ether oxygens (including phenoxy) is 2. The Kier molecular flexibility index (Phi) is 9.15. The van der Waals surface area contributed by atoms with Crippen LogP contribution >= 0.6 is 15.9 Å². The lowest BCUT2D eigenvalue weighted by Gasteiger charge is -2.14. The SMILES string of the molecule is CCCCCCCCOc1c(Br)cc(C=O)cc1OCC. The fourth-order valence-electron chi connectivity index (χ4n) is 2.12. The molecule has 0 aliphatic rings. The van der Waals surface area contributed by atoms with Crippen LogP contribution in [-0.4, -0.2) is 19.5 Å². The van der Waals surface area contributed by atoms with Crippen LogP contribution in [0.25, 0.3) is 0 Å². The molecule has 0 aliphatic carbocycles. The zero-order valence-electron chi connectivity index (χ0n) is 13.0. The first kappa shape index (κ1) is 18.0. The molecule has 0 amide bonds. The largest absolute Gasteiger partial charge is 0.490 e. The Morgan fingerprint density at radius 1 is 1.05 bits per heavy atom. The van der Waals surface area contributed by atoms with E-state index < -0.39 is 0 Å². The zero-order chi connectivity index (χ0) is 15.5. The van der Waals surface area contributed by atoms with Gasteiger partial charge in [0.2, 0.25) is 0 Å². The Labute approximate surface area is 136 Å². The van der Waals surface area contributed by atoms with Gasteiger partial charge in [-0.05, 0) is 41.4 Å². The molecule has 21 heavy (non-hydrogen) atoms. The molecule has 0 fully saturated rings. The molecule has 0 radical (unpaired) electrons. The number of carbonyl (C=O) groups excluding carboxylic acids is 1. The predicted octanol–water partition coefficient (Wildman–Crippen LogP) is 5.40. The molecule has 118 valence electrons. The molecule has 0 saturated carbocycles. The number of hydrogen-bond donors (Lipinski definition) is 0. The number of unbranched alkanes of at least 4 members (excludes halogenated alkanes) is 5. The van der Waals surface area contributed by atoms with Crippen molar-refractivity contribution in [3.05, 3.63) is 22.2 Å². The van der Waals surface area contributed by atoms with Gasteiger partial charge < -0.3 is 9.47 Å². The van der Waals surface area contributed by atoms with Crippen LogP contribution in [-0.2, 0) is 0 Å². The lowest BCUT2D eigenvalue weighted by Crippen LogP contribution is -2.02. The Morgan fingerprint density at radius 3 is 2.43 bits per heavy atom. The van der Waals surface area contributed by atoms with E-state index in [9.17, 15) is 4.79 Å². The summed E-state index contributed by atoms with van der Waals surface area (Å²) in [6.07, 6.45) is 8.19. The minimum Gasteiger partial charge on any atom is -0.490 e. The molecule has 0 aromatic heterocycles. The van der Waals surface area contributed by atoms with Crippen molar-refractivity contribution in [2.75, 3.05) is 13.2 Å². The van der Waals surface area contributed by atoms with Gasteiger partial charge in [-0.15, -0.1) is 0 Å². The minimum atomic E-state index is 0.544. The van der Waals surface area contributed by atoms with E-state index in [0.717, 1.165) is 17.2 Å². The standard InChI is InChI=1S/C17H25BrO3/c1-3-5-6-7-8-9-10-21-17-15(18)11-14(13-19)12-16(17)20-4-2/h11-13H,3-10H2,1-2H3. The van der Waals surface area contributed by atoms with Crippen molar-refractivity contribution >= 4 is 22.2 Å².